The number of ether oxygens (including phenoxy) is 1. The van der Waals surface area contributed by atoms with Gasteiger partial charge >= 0.3 is 13.8 Å². The molecule has 0 saturated carbocycles. The van der Waals surface area contributed by atoms with Crippen molar-refractivity contribution in [2.45, 2.75) is 296 Å². The first-order chi connectivity index (χ1) is 32.9. The second-order valence-corrected chi connectivity index (χ2v) is 22.6. The third-order valence-electron chi connectivity index (χ3n) is 13.1. The summed E-state index contributed by atoms with van der Waals surface area (Å²) in [5.41, 5.74) is 0. The van der Waals surface area contributed by atoms with E-state index in [1.54, 1.807) is 0 Å². The standard InChI is InChI=1S/C58H113N2O7P/c1-7-10-13-16-19-22-25-28-29-30-31-33-36-39-42-45-48-51-58(62)67-56(49-46-43-40-37-34-27-24-21-18-15-12-9-3)55(54-66-68(63,64)65-53-52-60(4,5)6)59-57(61)50-47-44-41-38-35-32-26-23-20-17-14-11-8-2/h32,35,46,49,55-56H,7-31,33-34,36-45,47-48,50-54H2,1-6H3,(H-,59,61,63,64)/p+1/b35-32-,49-46+. The Hall–Kier alpha value is -1.51. The third kappa shape index (κ3) is 49.5. The van der Waals surface area contributed by atoms with Crippen LogP contribution in [0.1, 0.15) is 284 Å². The van der Waals surface area contributed by atoms with Crippen molar-refractivity contribution < 1.29 is 37.3 Å². The van der Waals surface area contributed by atoms with E-state index in [1.165, 1.54) is 180 Å². The number of likely N-dealkylation sites (N-methyl/N-ethyl adjacent to an activating group) is 1. The number of nitrogens with zero attached hydrogens (tertiary/aromatic N) is 1. The van der Waals surface area contributed by atoms with Crippen molar-refractivity contribution in [3.05, 3.63) is 24.3 Å². The van der Waals surface area contributed by atoms with Gasteiger partial charge in [-0.2, -0.15) is 0 Å². The summed E-state index contributed by atoms with van der Waals surface area (Å²) < 4.78 is 30.6. The van der Waals surface area contributed by atoms with Gasteiger partial charge in [-0.25, -0.2) is 4.57 Å². The molecule has 2 N–H and O–H groups in total. The zero-order valence-corrected chi connectivity index (χ0v) is 46.8. The molecule has 0 aromatic heterocycles. The summed E-state index contributed by atoms with van der Waals surface area (Å²) in [6, 6.07) is -0.849. The number of carbonyl (C=O) groups excluding carboxylic acids is 2. The number of phosphoric ester groups is 1. The normalized spacial score (nSPS) is 13.9. The predicted molar refractivity (Wildman–Crippen MR) is 291 cm³/mol. The summed E-state index contributed by atoms with van der Waals surface area (Å²) >= 11 is 0. The van der Waals surface area contributed by atoms with Crippen molar-refractivity contribution in [3.63, 3.8) is 0 Å². The van der Waals surface area contributed by atoms with E-state index in [0.717, 1.165) is 70.6 Å². The van der Waals surface area contributed by atoms with Crippen LogP contribution in [0.4, 0.5) is 0 Å². The maximum atomic E-state index is 13.5. The number of quaternary nitrogens is 1. The van der Waals surface area contributed by atoms with E-state index in [0.29, 0.717) is 23.9 Å². The fraction of sp³-hybridized carbons (Fsp3) is 0.897. The monoisotopic (exact) mass is 982 g/mol. The summed E-state index contributed by atoms with van der Waals surface area (Å²) in [7, 11) is 1.50. The van der Waals surface area contributed by atoms with Gasteiger partial charge in [0.1, 0.15) is 19.3 Å². The molecule has 0 aromatic carbocycles. The van der Waals surface area contributed by atoms with Crippen LogP contribution in [0.25, 0.3) is 0 Å². The average molecular weight is 983 g/mol. The third-order valence-corrected chi connectivity index (χ3v) is 14.1. The highest BCUT2D eigenvalue weighted by Crippen LogP contribution is 2.43. The van der Waals surface area contributed by atoms with Crippen LogP contribution in [0.5, 0.6) is 0 Å². The first-order valence-electron chi connectivity index (χ1n) is 29.2. The molecular weight excluding hydrogens is 868 g/mol. The Labute approximate surface area is 422 Å². The summed E-state index contributed by atoms with van der Waals surface area (Å²) in [6.45, 7) is 7.02. The summed E-state index contributed by atoms with van der Waals surface area (Å²) in [5.74, 6) is -0.511. The lowest BCUT2D eigenvalue weighted by Crippen LogP contribution is -2.47. The van der Waals surface area contributed by atoms with Crippen molar-refractivity contribution in [1.29, 1.82) is 0 Å². The second-order valence-electron chi connectivity index (χ2n) is 21.2. The summed E-state index contributed by atoms with van der Waals surface area (Å²) in [5, 5.41) is 3.04. The summed E-state index contributed by atoms with van der Waals surface area (Å²) in [4.78, 5) is 37.5. The quantitative estimate of drug-likeness (QED) is 0.0205. The first kappa shape index (κ1) is 66.5. The maximum absolute atomic E-state index is 13.5. The molecule has 0 aliphatic carbocycles. The van der Waals surface area contributed by atoms with Gasteiger partial charge in [0, 0.05) is 12.8 Å². The molecule has 3 unspecified atom stereocenters. The Morgan fingerprint density at radius 2 is 0.853 bits per heavy atom. The molecule has 0 aromatic rings. The Balaban J connectivity index is 5.31. The minimum atomic E-state index is -4.44. The van der Waals surface area contributed by atoms with Gasteiger partial charge in [-0.3, -0.25) is 18.6 Å². The van der Waals surface area contributed by atoms with Crippen LogP contribution < -0.4 is 5.32 Å². The average Bonchev–Trinajstić information content (AvgIpc) is 3.29. The van der Waals surface area contributed by atoms with Gasteiger partial charge in [0.05, 0.1) is 33.8 Å². The predicted octanol–water partition coefficient (Wildman–Crippen LogP) is 17.4. The van der Waals surface area contributed by atoms with E-state index in [9.17, 15) is 19.0 Å². The number of rotatable bonds is 53. The highest BCUT2D eigenvalue weighted by Gasteiger charge is 2.30. The van der Waals surface area contributed by atoms with E-state index in [2.05, 4.69) is 38.2 Å². The number of hydrogen-bond donors (Lipinski definition) is 2. The smallest absolute Gasteiger partial charge is 0.456 e. The Bertz CT molecular complexity index is 1220. The fourth-order valence-electron chi connectivity index (χ4n) is 8.58. The van der Waals surface area contributed by atoms with E-state index in [-0.39, 0.29) is 25.1 Å². The molecule has 0 saturated heterocycles. The number of allylic oxidation sites excluding steroid dienone is 3. The van der Waals surface area contributed by atoms with Crippen LogP contribution in [0.2, 0.25) is 0 Å². The van der Waals surface area contributed by atoms with Crippen molar-refractivity contribution in [1.82, 2.24) is 5.32 Å². The fourth-order valence-corrected chi connectivity index (χ4v) is 9.32. The number of hydrogen-bond acceptors (Lipinski definition) is 6. The minimum absolute atomic E-state index is 0.0407. The first-order valence-corrected chi connectivity index (χ1v) is 30.7. The number of amides is 1. The zero-order valence-electron chi connectivity index (χ0n) is 45.9. The molecule has 0 bridgehead atoms. The topological polar surface area (TPSA) is 111 Å². The van der Waals surface area contributed by atoms with Crippen molar-refractivity contribution >= 4 is 19.7 Å². The molecule has 9 nitrogen and oxygen atoms in total. The SMILES string of the molecule is CCCCCCCC/C=C\CCCCCC(=O)NC(COP(=O)(O)OCC[N+](C)(C)C)C(/C=C/CCCCCCCCCCCC)OC(=O)CCCCCCCCCCCCCCCCCCC. The molecule has 1 amide bonds. The van der Waals surface area contributed by atoms with Crippen LogP contribution in [-0.2, 0) is 27.9 Å². The van der Waals surface area contributed by atoms with Crippen molar-refractivity contribution in [2.24, 2.45) is 0 Å². The van der Waals surface area contributed by atoms with Gasteiger partial charge in [0.2, 0.25) is 5.91 Å². The Morgan fingerprint density at radius 1 is 0.500 bits per heavy atom. The molecule has 10 heteroatoms. The molecule has 0 spiro atoms. The number of phosphoric acid groups is 1. The van der Waals surface area contributed by atoms with E-state index in [4.69, 9.17) is 13.8 Å². The largest absolute Gasteiger partial charge is 0.472 e. The lowest BCUT2D eigenvalue weighted by atomic mass is 10.0. The number of esters is 1. The number of nitrogens with one attached hydrogen (secondary N) is 1. The summed E-state index contributed by atoms with van der Waals surface area (Å²) in [6.07, 6.45) is 56.0. The van der Waals surface area contributed by atoms with Crippen molar-refractivity contribution in [2.75, 3.05) is 40.9 Å². The lowest BCUT2D eigenvalue weighted by molar-refractivity contribution is -0.870. The zero-order chi connectivity index (χ0) is 50.1. The van der Waals surface area contributed by atoms with Gasteiger partial charge in [-0.15, -0.1) is 0 Å². The van der Waals surface area contributed by atoms with Gasteiger partial charge in [-0.05, 0) is 57.4 Å². The number of carbonyl (C=O) groups is 2. The second kappa shape index (κ2) is 49.1. The highest BCUT2D eigenvalue weighted by molar-refractivity contribution is 7.47. The molecule has 402 valence electrons. The Kier molecular flexibility index (Phi) is 48.0. The molecule has 68 heavy (non-hydrogen) atoms. The number of unbranched alkanes of at least 4 members (excludes halogenated alkanes) is 35. The van der Waals surface area contributed by atoms with E-state index in [1.807, 2.05) is 33.3 Å². The van der Waals surface area contributed by atoms with E-state index >= 15 is 0 Å². The molecule has 0 aliphatic rings. The van der Waals surface area contributed by atoms with Crippen molar-refractivity contribution in [3.8, 4) is 0 Å². The van der Waals surface area contributed by atoms with E-state index < -0.39 is 20.0 Å². The molecule has 0 aliphatic heterocycles. The van der Waals surface area contributed by atoms with Crippen LogP contribution in [0.3, 0.4) is 0 Å². The molecule has 0 radical (unpaired) electrons. The lowest BCUT2D eigenvalue weighted by Gasteiger charge is -2.27. The van der Waals surface area contributed by atoms with Crippen LogP contribution in [0.15, 0.2) is 24.3 Å². The van der Waals surface area contributed by atoms with Gasteiger partial charge < -0.3 is 19.4 Å². The van der Waals surface area contributed by atoms with Crippen LogP contribution >= 0.6 is 7.82 Å². The van der Waals surface area contributed by atoms with Crippen LogP contribution in [-0.4, -0.2) is 74.3 Å². The molecule has 0 fully saturated rings. The molecule has 3 atom stereocenters. The molecular formula is C58H114N2O7P+. The highest BCUT2D eigenvalue weighted by atomic mass is 31.2. The molecule has 0 heterocycles. The Morgan fingerprint density at radius 3 is 1.26 bits per heavy atom. The van der Waals surface area contributed by atoms with Crippen LogP contribution in [0, 0.1) is 0 Å². The minimum Gasteiger partial charge on any atom is -0.456 e. The van der Waals surface area contributed by atoms with Gasteiger partial charge in [0.25, 0.3) is 0 Å². The molecule has 0 rings (SSSR count). The van der Waals surface area contributed by atoms with Gasteiger partial charge in [-0.1, -0.05) is 238 Å². The maximum Gasteiger partial charge on any atom is 0.472 e. The van der Waals surface area contributed by atoms with Gasteiger partial charge in [0.15, 0.2) is 0 Å².